The van der Waals surface area contributed by atoms with Crippen LogP contribution < -0.4 is 0 Å². The molecular formula is C19H18F3NO. The van der Waals surface area contributed by atoms with E-state index in [9.17, 15) is 13.2 Å². The number of nitrogens with zero attached hydrogens (tertiary/aromatic N) is 1. The number of alkyl halides is 3. The minimum absolute atomic E-state index is 0.0137. The smallest absolute Gasteiger partial charge is 0.371 e. The Morgan fingerprint density at radius 2 is 1.79 bits per heavy atom. The molecule has 0 bridgehead atoms. The average Bonchev–Trinajstić information content (AvgIpc) is 2.97. The first-order chi connectivity index (χ1) is 11.5. The van der Waals surface area contributed by atoms with Gasteiger partial charge in [0.2, 0.25) is 0 Å². The number of benzene rings is 2. The van der Waals surface area contributed by atoms with Crippen LogP contribution in [0.25, 0.3) is 0 Å². The van der Waals surface area contributed by atoms with Gasteiger partial charge in [0.1, 0.15) is 0 Å². The second kappa shape index (κ2) is 5.90. The molecule has 2 unspecified atom stereocenters. The van der Waals surface area contributed by atoms with Crippen LogP contribution in [0, 0.1) is 0 Å². The van der Waals surface area contributed by atoms with Gasteiger partial charge in [-0.05, 0) is 22.8 Å². The van der Waals surface area contributed by atoms with Crippen LogP contribution in [-0.2, 0) is 24.1 Å². The van der Waals surface area contributed by atoms with Crippen molar-refractivity contribution in [1.29, 1.82) is 0 Å². The van der Waals surface area contributed by atoms with Crippen molar-refractivity contribution in [3.8, 4) is 0 Å². The maximum atomic E-state index is 13.2. The van der Waals surface area contributed by atoms with Crippen molar-refractivity contribution >= 4 is 0 Å². The summed E-state index contributed by atoms with van der Waals surface area (Å²) in [6.45, 7) is 2.33. The Labute approximate surface area is 138 Å². The van der Waals surface area contributed by atoms with Crippen molar-refractivity contribution in [2.24, 2.45) is 0 Å². The Bertz CT molecular complexity index is 729. The van der Waals surface area contributed by atoms with E-state index < -0.39 is 11.7 Å². The Kier molecular flexibility index (Phi) is 3.85. The van der Waals surface area contributed by atoms with Crippen LogP contribution in [0.4, 0.5) is 13.2 Å². The van der Waals surface area contributed by atoms with Crippen LogP contribution in [0.2, 0.25) is 0 Å². The van der Waals surface area contributed by atoms with E-state index in [0.717, 1.165) is 31.3 Å². The van der Waals surface area contributed by atoms with Gasteiger partial charge in [0.05, 0.1) is 18.3 Å². The Morgan fingerprint density at radius 1 is 1.00 bits per heavy atom. The first-order valence-electron chi connectivity index (χ1n) is 8.09. The minimum Gasteiger partial charge on any atom is -0.371 e. The molecule has 0 radical (unpaired) electrons. The molecule has 2 aliphatic rings. The van der Waals surface area contributed by atoms with Gasteiger partial charge in [0, 0.05) is 25.6 Å². The predicted molar refractivity (Wildman–Crippen MR) is 84.5 cm³/mol. The fourth-order valence-electron chi connectivity index (χ4n) is 3.86. The third-order valence-electron chi connectivity index (χ3n) is 4.95. The highest BCUT2D eigenvalue weighted by Gasteiger charge is 2.42. The SMILES string of the molecule is FC(F)(F)c1cccc2c1COC1CN(Cc3ccccc3)CC21. The first kappa shape index (κ1) is 15.7. The quantitative estimate of drug-likeness (QED) is 0.816. The summed E-state index contributed by atoms with van der Waals surface area (Å²) in [5.74, 6) is 0.0137. The number of rotatable bonds is 2. The molecular weight excluding hydrogens is 315 g/mol. The number of hydrogen-bond donors (Lipinski definition) is 0. The molecule has 0 amide bonds. The highest BCUT2D eigenvalue weighted by molar-refractivity contribution is 5.41. The lowest BCUT2D eigenvalue weighted by molar-refractivity contribution is -0.139. The second-order valence-electron chi connectivity index (χ2n) is 6.51. The summed E-state index contributed by atoms with van der Waals surface area (Å²) in [4.78, 5) is 2.26. The molecule has 126 valence electrons. The lowest BCUT2D eigenvalue weighted by Crippen LogP contribution is -2.28. The maximum Gasteiger partial charge on any atom is 0.416 e. The van der Waals surface area contributed by atoms with Gasteiger partial charge in [-0.2, -0.15) is 13.2 Å². The molecule has 2 nitrogen and oxygen atoms in total. The Balaban J connectivity index is 1.59. The van der Waals surface area contributed by atoms with E-state index in [4.69, 9.17) is 4.74 Å². The number of hydrogen-bond acceptors (Lipinski definition) is 2. The Morgan fingerprint density at radius 3 is 2.54 bits per heavy atom. The summed E-state index contributed by atoms with van der Waals surface area (Å²) in [7, 11) is 0. The van der Waals surface area contributed by atoms with Crippen molar-refractivity contribution in [2.45, 2.75) is 31.3 Å². The molecule has 0 aromatic heterocycles. The molecule has 1 saturated heterocycles. The van der Waals surface area contributed by atoms with Gasteiger partial charge >= 0.3 is 6.18 Å². The third-order valence-corrected chi connectivity index (χ3v) is 4.95. The molecule has 1 fully saturated rings. The van der Waals surface area contributed by atoms with Gasteiger partial charge in [0.15, 0.2) is 0 Å². The third kappa shape index (κ3) is 2.82. The predicted octanol–water partition coefficient (Wildman–Crippen LogP) is 4.20. The van der Waals surface area contributed by atoms with E-state index in [0.29, 0.717) is 5.56 Å². The summed E-state index contributed by atoms with van der Waals surface area (Å²) in [5, 5.41) is 0. The molecule has 2 aromatic rings. The minimum atomic E-state index is -4.33. The van der Waals surface area contributed by atoms with Gasteiger partial charge in [0.25, 0.3) is 0 Å². The standard InChI is InChI=1S/C19H18F3NO/c20-19(21,22)17-8-4-7-14-15-10-23(9-13-5-2-1-3-6-13)11-18(15)24-12-16(14)17/h1-8,15,18H,9-12H2. The molecule has 2 aromatic carbocycles. The average molecular weight is 333 g/mol. The molecule has 4 rings (SSSR count). The highest BCUT2D eigenvalue weighted by atomic mass is 19.4. The molecule has 0 N–H and O–H groups in total. The van der Waals surface area contributed by atoms with Gasteiger partial charge in [-0.25, -0.2) is 0 Å². The van der Waals surface area contributed by atoms with Crippen molar-refractivity contribution in [3.05, 3.63) is 70.8 Å². The number of fused-ring (bicyclic) bond motifs is 3. The summed E-state index contributed by atoms with van der Waals surface area (Å²) in [6.07, 6.45) is -4.35. The molecule has 2 atom stereocenters. The van der Waals surface area contributed by atoms with Gasteiger partial charge in [-0.1, -0.05) is 42.5 Å². The summed E-state index contributed by atoms with van der Waals surface area (Å²) in [6, 6.07) is 14.6. The van der Waals surface area contributed by atoms with E-state index in [-0.39, 0.29) is 18.6 Å². The van der Waals surface area contributed by atoms with Crippen LogP contribution in [0.1, 0.15) is 28.2 Å². The van der Waals surface area contributed by atoms with Crippen molar-refractivity contribution < 1.29 is 17.9 Å². The molecule has 0 saturated carbocycles. The van der Waals surface area contributed by atoms with Crippen molar-refractivity contribution in [3.63, 3.8) is 0 Å². The van der Waals surface area contributed by atoms with Gasteiger partial charge < -0.3 is 4.74 Å². The van der Waals surface area contributed by atoms with Crippen molar-refractivity contribution in [2.75, 3.05) is 13.1 Å². The molecule has 2 aliphatic heterocycles. The summed E-state index contributed by atoms with van der Waals surface area (Å²) < 4.78 is 45.4. The first-order valence-corrected chi connectivity index (χ1v) is 8.09. The fourth-order valence-corrected chi connectivity index (χ4v) is 3.86. The molecule has 2 heterocycles. The summed E-state index contributed by atoms with van der Waals surface area (Å²) in [5.41, 5.74) is 1.77. The van der Waals surface area contributed by atoms with Crippen LogP contribution >= 0.6 is 0 Å². The monoisotopic (exact) mass is 333 g/mol. The fraction of sp³-hybridized carbons (Fsp3) is 0.368. The van der Waals surface area contributed by atoms with E-state index >= 15 is 0 Å². The van der Waals surface area contributed by atoms with Crippen LogP contribution in [0.15, 0.2) is 48.5 Å². The van der Waals surface area contributed by atoms with Crippen molar-refractivity contribution in [1.82, 2.24) is 4.90 Å². The number of halogens is 3. The lowest BCUT2D eigenvalue weighted by atomic mass is 9.87. The number of likely N-dealkylation sites (tertiary alicyclic amines) is 1. The molecule has 24 heavy (non-hydrogen) atoms. The highest BCUT2D eigenvalue weighted by Crippen LogP contribution is 2.42. The van der Waals surface area contributed by atoms with E-state index in [1.807, 2.05) is 24.3 Å². The van der Waals surface area contributed by atoms with E-state index in [1.54, 1.807) is 0 Å². The maximum absolute atomic E-state index is 13.2. The molecule has 5 heteroatoms. The summed E-state index contributed by atoms with van der Waals surface area (Å²) >= 11 is 0. The second-order valence-corrected chi connectivity index (χ2v) is 6.51. The van der Waals surface area contributed by atoms with Gasteiger partial charge in [-0.3, -0.25) is 4.90 Å². The number of ether oxygens (including phenoxy) is 1. The largest absolute Gasteiger partial charge is 0.416 e. The Hall–Kier alpha value is -1.85. The zero-order valence-electron chi connectivity index (χ0n) is 13.1. The van der Waals surface area contributed by atoms with Crippen LogP contribution in [-0.4, -0.2) is 24.1 Å². The van der Waals surface area contributed by atoms with Crippen LogP contribution in [0.3, 0.4) is 0 Å². The zero-order valence-corrected chi connectivity index (χ0v) is 13.1. The molecule has 0 spiro atoms. The van der Waals surface area contributed by atoms with E-state index in [1.165, 1.54) is 11.6 Å². The zero-order chi connectivity index (χ0) is 16.7. The topological polar surface area (TPSA) is 12.5 Å². The van der Waals surface area contributed by atoms with Gasteiger partial charge in [-0.15, -0.1) is 0 Å². The van der Waals surface area contributed by atoms with E-state index in [2.05, 4.69) is 17.0 Å². The lowest BCUT2D eigenvalue weighted by Gasteiger charge is -2.29. The van der Waals surface area contributed by atoms with Crippen LogP contribution in [0.5, 0.6) is 0 Å². The normalized spacial score (nSPS) is 23.8. The molecule has 0 aliphatic carbocycles.